The second-order valence-corrected chi connectivity index (χ2v) is 7.33. The summed E-state index contributed by atoms with van der Waals surface area (Å²) in [4.78, 5) is 15.5. The highest BCUT2D eigenvalue weighted by Crippen LogP contribution is 2.31. The van der Waals surface area contributed by atoms with Crippen molar-refractivity contribution in [3.05, 3.63) is 35.8 Å². The standard InChI is InChI=1S/C19H25FN2O/c1-19(2,12-22-18(23)13-6-4-3-5-7-13)16-11-21-17-9-8-14(20)10-15(16)17/h8-11,13,21H,3-7,12H2,1-2H3,(H,22,23). The summed E-state index contributed by atoms with van der Waals surface area (Å²) in [5, 5.41) is 4.00. The number of carbonyl (C=O) groups excluding carboxylic acids is 1. The summed E-state index contributed by atoms with van der Waals surface area (Å²) < 4.78 is 13.6. The van der Waals surface area contributed by atoms with Crippen molar-refractivity contribution >= 4 is 16.8 Å². The summed E-state index contributed by atoms with van der Waals surface area (Å²) in [6.07, 6.45) is 7.49. The van der Waals surface area contributed by atoms with Crippen LogP contribution in [0.4, 0.5) is 4.39 Å². The fourth-order valence-electron chi connectivity index (χ4n) is 3.57. The normalized spacial score (nSPS) is 16.7. The molecule has 1 fully saturated rings. The third-order valence-electron chi connectivity index (χ3n) is 5.05. The topological polar surface area (TPSA) is 44.9 Å². The van der Waals surface area contributed by atoms with Crippen molar-refractivity contribution in [1.29, 1.82) is 0 Å². The van der Waals surface area contributed by atoms with E-state index in [0.717, 1.165) is 42.1 Å². The first-order valence-corrected chi connectivity index (χ1v) is 8.52. The van der Waals surface area contributed by atoms with Gasteiger partial charge in [0.25, 0.3) is 0 Å². The SMILES string of the molecule is CC(C)(CNC(=O)C1CCCCC1)c1c[nH]c2ccc(F)cc12. The van der Waals surface area contributed by atoms with Gasteiger partial charge in [-0.2, -0.15) is 0 Å². The quantitative estimate of drug-likeness (QED) is 0.869. The Kier molecular flexibility index (Phi) is 4.42. The molecule has 0 aliphatic heterocycles. The van der Waals surface area contributed by atoms with Crippen LogP contribution in [0.3, 0.4) is 0 Å². The average molecular weight is 316 g/mol. The van der Waals surface area contributed by atoms with E-state index in [0.29, 0.717) is 6.54 Å². The van der Waals surface area contributed by atoms with Crippen LogP contribution in [0.5, 0.6) is 0 Å². The maximum Gasteiger partial charge on any atom is 0.223 e. The predicted molar refractivity (Wildman–Crippen MR) is 90.9 cm³/mol. The lowest BCUT2D eigenvalue weighted by atomic mass is 9.83. The van der Waals surface area contributed by atoms with Crippen LogP contribution >= 0.6 is 0 Å². The van der Waals surface area contributed by atoms with Gasteiger partial charge in [-0.15, -0.1) is 0 Å². The van der Waals surface area contributed by atoms with E-state index in [9.17, 15) is 9.18 Å². The zero-order valence-corrected chi connectivity index (χ0v) is 13.9. The van der Waals surface area contributed by atoms with Gasteiger partial charge >= 0.3 is 0 Å². The van der Waals surface area contributed by atoms with Crippen molar-refractivity contribution in [2.45, 2.75) is 51.4 Å². The van der Waals surface area contributed by atoms with E-state index in [2.05, 4.69) is 24.1 Å². The molecule has 1 saturated carbocycles. The number of aromatic nitrogens is 1. The maximum absolute atomic E-state index is 13.6. The molecule has 0 radical (unpaired) electrons. The molecule has 4 heteroatoms. The van der Waals surface area contributed by atoms with E-state index < -0.39 is 0 Å². The lowest BCUT2D eigenvalue weighted by Gasteiger charge is -2.27. The van der Waals surface area contributed by atoms with E-state index in [1.165, 1.54) is 12.5 Å². The fraction of sp³-hybridized carbons (Fsp3) is 0.526. The van der Waals surface area contributed by atoms with Crippen LogP contribution in [-0.2, 0) is 10.2 Å². The molecule has 2 N–H and O–H groups in total. The first-order chi connectivity index (χ1) is 11.0. The number of H-pyrrole nitrogens is 1. The van der Waals surface area contributed by atoms with Crippen molar-refractivity contribution in [3.8, 4) is 0 Å². The number of rotatable bonds is 4. The summed E-state index contributed by atoms with van der Waals surface area (Å²) in [5.41, 5.74) is 1.71. The van der Waals surface area contributed by atoms with Gasteiger partial charge < -0.3 is 10.3 Å². The van der Waals surface area contributed by atoms with Crippen molar-refractivity contribution in [1.82, 2.24) is 10.3 Å². The first kappa shape index (κ1) is 16.0. The molecule has 0 atom stereocenters. The molecule has 124 valence electrons. The van der Waals surface area contributed by atoms with Gasteiger partial charge in [0.05, 0.1) is 0 Å². The summed E-state index contributed by atoms with van der Waals surface area (Å²) in [6, 6.07) is 4.77. The molecule has 3 rings (SSSR count). The van der Waals surface area contributed by atoms with Gasteiger partial charge in [-0.3, -0.25) is 4.79 Å². The van der Waals surface area contributed by atoms with Gasteiger partial charge in [-0.25, -0.2) is 4.39 Å². The Bertz CT molecular complexity index is 698. The van der Waals surface area contributed by atoms with Crippen LogP contribution in [0, 0.1) is 11.7 Å². The largest absolute Gasteiger partial charge is 0.361 e. The molecule has 1 aromatic carbocycles. The molecule has 3 nitrogen and oxygen atoms in total. The van der Waals surface area contributed by atoms with Gasteiger partial charge in [0.1, 0.15) is 5.82 Å². The number of hydrogen-bond donors (Lipinski definition) is 2. The number of hydrogen-bond acceptors (Lipinski definition) is 1. The van der Waals surface area contributed by atoms with Crippen molar-refractivity contribution < 1.29 is 9.18 Å². The minimum atomic E-state index is -0.254. The lowest BCUT2D eigenvalue weighted by molar-refractivity contribution is -0.126. The molecule has 0 spiro atoms. The summed E-state index contributed by atoms with van der Waals surface area (Å²) in [6.45, 7) is 4.73. The number of aromatic amines is 1. The molecular formula is C19H25FN2O. The summed E-state index contributed by atoms with van der Waals surface area (Å²) >= 11 is 0. The van der Waals surface area contributed by atoms with E-state index in [1.54, 1.807) is 12.1 Å². The highest BCUT2D eigenvalue weighted by molar-refractivity contribution is 5.84. The molecule has 2 aromatic rings. The van der Waals surface area contributed by atoms with Crippen LogP contribution < -0.4 is 5.32 Å². The number of halogens is 1. The van der Waals surface area contributed by atoms with Gasteiger partial charge in [-0.1, -0.05) is 33.1 Å². The van der Waals surface area contributed by atoms with Crippen molar-refractivity contribution in [2.75, 3.05) is 6.54 Å². The lowest BCUT2D eigenvalue weighted by Crippen LogP contribution is -2.40. The van der Waals surface area contributed by atoms with Crippen molar-refractivity contribution in [2.24, 2.45) is 5.92 Å². The Hall–Kier alpha value is -1.84. The minimum absolute atomic E-state index is 0.167. The highest BCUT2D eigenvalue weighted by Gasteiger charge is 2.27. The van der Waals surface area contributed by atoms with Crippen molar-refractivity contribution in [3.63, 3.8) is 0 Å². The third-order valence-corrected chi connectivity index (χ3v) is 5.05. The molecular weight excluding hydrogens is 291 g/mol. The van der Waals surface area contributed by atoms with Crippen LogP contribution in [-0.4, -0.2) is 17.4 Å². The predicted octanol–water partition coefficient (Wildman–Crippen LogP) is 4.28. The van der Waals surface area contributed by atoms with E-state index in [4.69, 9.17) is 0 Å². The van der Waals surface area contributed by atoms with E-state index in [-0.39, 0.29) is 23.1 Å². The smallest absolute Gasteiger partial charge is 0.223 e. The van der Waals surface area contributed by atoms with Crippen LogP contribution in [0.25, 0.3) is 10.9 Å². The summed E-state index contributed by atoms with van der Waals surface area (Å²) in [7, 11) is 0. The van der Waals surface area contributed by atoms with Gasteiger partial charge in [-0.05, 0) is 36.6 Å². The number of benzene rings is 1. The molecule has 1 aromatic heterocycles. The van der Waals surface area contributed by atoms with E-state index in [1.807, 2.05) is 6.20 Å². The Balaban J connectivity index is 1.72. The molecule has 0 unspecified atom stereocenters. The molecule has 1 aliphatic rings. The van der Waals surface area contributed by atoms with E-state index >= 15 is 0 Å². The molecule has 23 heavy (non-hydrogen) atoms. The fourth-order valence-corrected chi connectivity index (χ4v) is 3.57. The number of nitrogens with one attached hydrogen (secondary N) is 2. The van der Waals surface area contributed by atoms with Gasteiger partial charge in [0, 0.05) is 35.0 Å². The Morgan fingerprint density at radius 1 is 1.30 bits per heavy atom. The Morgan fingerprint density at radius 3 is 2.78 bits per heavy atom. The molecule has 0 bridgehead atoms. The second-order valence-electron chi connectivity index (χ2n) is 7.33. The molecule has 1 aliphatic carbocycles. The Labute approximate surface area is 136 Å². The third kappa shape index (κ3) is 3.41. The van der Waals surface area contributed by atoms with Gasteiger partial charge in [0.2, 0.25) is 5.91 Å². The first-order valence-electron chi connectivity index (χ1n) is 8.52. The number of fused-ring (bicyclic) bond motifs is 1. The van der Waals surface area contributed by atoms with Crippen LogP contribution in [0.2, 0.25) is 0 Å². The number of amides is 1. The minimum Gasteiger partial charge on any atom is -0.361 e. The molecule has 0 saturated heterocycles. The molecule has 1 amide bonds. The monoisotopic (exact) mass is 316 g/mol. The Morgan fingerprint density at radius 2 is 2.04 bits per heavy atom. The zero-order chi connectivity index (χ0) is 16.4. The summed E-state index contributed by atoms with van der Waals surface area (Å²) in [5.74, 6) is 0.101. The maximum atomic E-state index is 13.6. The van der Waals surface area contributed by atoms with Crippen LogP contribution in [0.15, 0.2) is 24.4 Å². The second kappa shape index (κ2) is 6.34. The van der Waals surface area contributed by atoms with Crippen LogP contribution in [0.1, 0.15) is 51.5 Å². The van der Waals surface area contributed by atoms with Gasteiger partial charge in [0.15, 0.2) is 0 Å². The highest BCUT2D eigenvalue weighted by atomic mass is 19.1. The molecule has 1 heterocycles. The average Bonchev–Trinajstić information content (AvgIpc) is 2.97. The zero-order valence-electron chi connectivity index (χ0n) is 13.9. The number of carbonyl (C=O) groups is 1.